The van der Waals surface area contributed by atoms with E-state index in [0.29, 0.717) is 12.5 Å². The second kappa shape index (κ2) is 5.82. The predicted molar refractivity (Wildman–Crippen MR) is 59.7 cm³/mol. The van der Waals surface area contributed by atoms with Crippen LogP contribution in [0.3, 0.4) is 0 Å². The summed E-state index contributed by atoms with van der Waals surface area (Å²) in [7, 11) is -3.25. The summed E-state index contributed by atoms with van der Waals surface area (Å²) in [6.07, 6.45) is 4.70. The van der Waals surface area contributed by atoms with Gasteiger partial charge in [0.2, 0.25) is 10.0 Å². The van der Waals surface area contributed by atoms with Gasteiger partial charge in [-0.2, -0.15) is 0 Å². The van der Waals surface area contributed by atoms with Gasteiger partial charge in [0, 0.05) is 0 Å². The Morgan fingerprint density at radius 3 is 2.40 bits per heavy atom. The summed E-state index contributed by atoms with van der Waals surface area (Å²) >= 11 is 0. The Labute approximate surface area is 92.4 Å². The Hall–Kier alpha value is -0.130. The van der Waals surface area contributed by atoms with Gasteiger partial charge in [0.15, 0.2) is 0 Å². The molecule has 1 fully saturated rings. The molecule has 0 radical (unpaired) electrons. The summed E-state index contributed by atoms with van der Waals surface area (Å²) in [6, 6.07) is 0. The molecule has 1 aliphatic rings. The number of hydrogen-bond donors (Lipinski definition) is 1. The molecule has 90 valence electrons. The maximum atomic E-state index is 11.7. The predicted octanol–water partition coefficient (Wildman–Crippen LogP) is 1.83. The molecule has 0 bridgehead atoms. The lowest BCUT2D eigenvalue weighted by molar-refractivity contribution is 0.0708. The molecule has 0 saturated heterocycles. The van der Waals surface area contributed by atoms with Crippen molar-refractivity contribution in [1.82, 2.24) is 4.89 Å². The summed E-state index contributed by atoms with van der Waals surface area (Å²) in [5, 5.41) is -0.251. The number of hydrogen-bond acceptors (Lipinski definition) is 3. The number of sulfonamides is 1. The van der Waals surface area contributed by atoms with Crippen molar-refractivity contribution in [1.29, 1.82) is 0 Å². The van der Waals surface area contributed by atoms with E-state index in [1.807, 2.05) is 13.8 Å². The van der Waals surface area contributed by atoms with E-state index < -0.39 is 10.0 Å². The van der Waals surface area contributed by atoms with Gasteiger partial charge in [0.25, 0.3) is 0 Å². The van der Waals surface area contributed by atoms with E-state index in [1.165, 1.54) is 0 Å². The lowest BCUT2D eigenvalue weighted by atomic mass is 10.0. The molecule has 4 nitrogen and oxygen atoms in total. The Bertz CT molecular complexity index is 268. The van der Waals surface area contributed by atoms with Crippen LogP contribution in [0, 0.1) is 5.92 Å². The van der Waals surface area contributed by atoms with Crippen molar-refractivity contribution in [3.05, 3.63) is 0 Å². The summed E-state index contributed by atoms with van der Waals surface area (Å²) in [5.41, 5.74) is 0. The molecule has 0 atom stereocenters. The van der Waals surface area contributed by atoms with Gasteiger partial charge in [0.05, 0.1) is 11.9 Å². The molecule has 0 aromatic heterocycles. The van der Waals surface area contributed by atoms with E-state index in [2.05, 4.69) is 4.89 Å². The first-order chi connectivity index (χ1) is 7.02. The van der Waals surface area contributed by atoms with Gasteiger partial charge in [-0.1, -0.05) is 38.0 Å². The first-order valence-corrected chi connectivity index (χ1v) is 7.19. The fourth-order valence-corrected chi connectivity index (χ4v) is 3.05. The van der Waals surface area contributed by atoms with E-state index in [-0.39, 0.29) is 5.25 Å². The van der Waals surface area contributed by atoms with Crippen molar-refractivity contribution < 1.29 is 13.3 Å². The van der Waals surface area contributed by atoms with Crippen molar-refractivity contribution in [3.8, 4) is 0 Å². The number of nitrogens with one attached hydrogen (secondary N) is 1. The van der Waals surface area contributed by atoms with Gasteiger partial charge in [-0.15, -0.1) is 0 Å². The average molecular weight is 235 g/mol. The zero-order valence-corrected chi connectivity index (χ0v) is 10.3. The minimum Gasteiger partial charge on any atom is -0.287 e. The highest BCUT2D eigenvalue weighted by molar-refractivity contribution is 7.89. The lowest BCUT2D eigenvalue weighted by Gasteiger charge is -2.21. The van der Waals surface area contributed by atoms with Crippen molar-refractivity contribution in [3.63, 3.8) is 0 Å². The molecule has 1 aliphatic carbocycles. The minimum atomic E-state index is -3.25. The van der Waals surface area contributed by atoms with Crippen LogP contribution in [0.15, 0.2) is 0 Å². The zero-order valence-electron chi connectivity index (χ0n) is 9.53. The normalized spacial score (nSPS) is 19.7. The maximum Gasteiger partial charge on any atom is 0.236 e. The highest BCUT2D eigenvalue weighted by Crippen LogP contribution is 2.22. The molecule has 0 aromatic rings. The van der Waals surface area contributed by atoms with Gasteiger partial charge >= 0.3 is 0 Å². The molecular formula is C10H21NO3S. The quantitative estimate of drug-likeness (QED) is 0.740. The largest absolute Gasteiger partial charge is 0.287 e. The zero-order chi connectivity index (χ0) is 11.3. The third-order valence-electron chi connectivity index (χ3n) is 2.58. The van der Waals surface area contributed by atoms with Crippen molar-refractivity contribution in [2.75, 3.05) is 6.61 Å². The third kappa shape index (κ3) is 4.49. The maximum absolute atomic E-state index is 11.7. The molecule has 1 saturated carbocycles. The van der Waals surface area contributed by atoms with Crippen LogP contribution in [0.1, 0.15) is 46.0 Å². The van der Waals surface area contributed by atoms with Crippen LogP contribution in [-0.4, -0.2) is 20.3 Å². The number of rotatable bonds is 5. The molecule has 0 aromatic carbocycles. The van der Waals surface area contributed by atoms with Crippen molar-refractivity contribution in [2.24, 2.45) is 5.92 Å². The van der Waals surface area contributed by atoms with E-state index >= 15 is 0 Å². The van der Waals surface area contributed by atoms with Gasteiger partial charge in [0.1, 0.15) is 0 Å². The SMILES string of the molecule is CC(C)CONS(=O)(=O)C1CCCCC1. The molecule has 0 heterocycles. The smallest absolute Gasteiger partial charge is 0.236 e. The standard InChI is InChI=1S/C10H21NO3S/c1-9(2)8-14-11-15(12,13)10-6-4-3-5-7-10/h9-11H,3-8H2,1-2H3. The molecule has 1 N–H and O–H groups in total. The first-order valence-electron chi connectivity index (χ1n) is 5.65. The van der Waals surface area contributed by atoms with E-state index in [0.717, 1.165) is 32.1 Å². The van der Waals surface area contributed by atoms with Gasteiger partial charge in [-0.25, -0.2) is 8.42 Å². The minimum absolute atomic E-state index is 0.251. The molecule has 0 aliphatic heterocycles. The third-order valence-corrected chi connectivity index (χ3v) is 4.28. The van der Waals surface area contributed by atoms with Crippen LogP contribution < -0.4 is 4.89 Å². The highest BCUT2D eigenvalue weighted by Gasteiger charge is 2.27. The topological polar surface area (TPSA) is 55.4 Å². The highest BCUT2D eigenvalue weighted by atomic mass is 32.2. The van der Waals surface area contributed by atoms with E-state index in [4.69, 9.17) is 4.84 Å². The molecule has 0 spiro atoms. The van der Waals surface area contributed by atoms with Crippen molar-refractivity contribution >= 4 is 10.0 Å². The fourth-order valence-electron chi connectivity index (χ4n) is 1.73. The van der Waals surface area contributed by atoms with Gasteiger partial charge in [-0.3, -0.25) is 4.84 Å². The molecule has 5 heteroatoms. The summed E-state index contributed by atoms with van der Waals surface area (Å²) in [5.74, 6) is 0.332. The Morgan fingerprint density at radius 1 is 1.27 bits per heavy atom. The molecule has 0 amide bonds. The van der Waals surface area contributed by atoms with Gasteiger partial charge in [-0.05, 0) is 18.8 Å². The summed E-state index contributed by atoms with van der Waals surface area (Å²) < 4.78 is 23.5. The summed E-state index contributed by atoms with van der Waals surface area (Å²) in [4.78, 5) is 7.21. The Kier molecular flexibility index (Phi) is 5.02. The van der Waals surface area contributed by atoms with Crippen LogP contribution >= 0.6 is 0 Å². The van der Waals surface area contributed by atoms with Crippen molar-refractivity contribution in [2.45, 2.75) is 51.2 Å². The average Bonchev–Trinajstić information content (AvgIpc) is 2.18. The van der Waals surface area contributed by atoms with Crippen LogP contribution in [-0.2, 0) is 14.9 Å². The second-order valence-electron chi connectivity index (χ2n) is 4.59. The van der Waals surface area contributed by atoms with E-state index in [9.17, 15) is 8.42 Å². The molecule has 0 unspecified atom stereocenters. The van der Waals surface area contributed by atoms with Crippen LogP contribution in [0.2, 0.25) is 0 Å². The molecule has 15 heavy (non-hydrogen) atoms. The fraction of sp³-hybridized carbons (Fsp3) is 1.00. The monoisotopic (exact) mass is 235 g/mol. The Morgan fingerprint density at radius 2 is 1.87 bits per heavy atom. The second-order valence-corrected chi connectivity index (χ2v) is 6.52. The molecular weight excluding hydrogens is 214 g/mol. The van der Waals surface area contributed by atoms with Gasteiger partial charge < -0.3 is 0 Å². The summed E-state index contributed by atoms with van der Waals surface area (Å²) in [6.45, 7) is 4.38. The lowest BCUT2D eigenvalue weighted by Crippen LogP contribution is -2.36. The van der Waals surface area contributed by atoms with Crippen LogP contribution in [0.5, 0.6) is 0 Å². The first kappa shape index (κ1) is 12.9. The Balaban J connectivity index is 2.36. The van der Waals surface area contributed by atoms with Crippen LogP contribution in [0.25, 0.3) is 0 Å². The van der Waals surface area contributed by atoms with Crippen LogP contribution in [0.4, 0.5) is 0 Å². The molecule has 1 rings (SSSR count). The van der Waals surface area contributed by atoms with E-state index in [1.54, 1.807) is 0 Å².